The van der Waals surface area contributed by atoms with Gasteiger partial charge in [0.2, 0.25) is 5.91 Å². The van der Waals surface area contributed by atoms with Crippen LogP contribution < -0.4 is 15.8 Å². The topological polar surface area (TPSA) is 64.3 Å². The van der Waals surface area contributed by atoms with E-state index in [-0.39, 0.29) is 18.5 Å². The van der Waals surface area contributed by atoms with Crippen LogP contribution in [-0.2, 0) is 4.79 Å². The van der Waals surface area contributed by atoms with E-state index in [1.54, 1.807) is 7.11 Å². The molecule has 1 aromatic rings. The quantitative estimate of drug-likeness (QED) is 0.760. The van der Waals surface area contributed by atoms with Crippen molar-refractivity contribution in [1.82, 2.24) is 5.32 Å². The van der Waals surface area contributed by atoms with Gasteiger partial charge in [-0.25, -0.2) is 0 Å². The second-order valence-electron chi connectivity index (χ2n) is 3.58. The molecule has 1 atom stereocenters. The number of carbonyl (C=O) groups is 1. The summed E-state index contributed by atoms with van der Waals surface area (Å²) in [7, 11) is 1.64. The molecule has 1 rings (SSSR count). The molecule has 4 heteroatoms. The molecule has 88 valence electrons. The molecule has 0 aromatic heterocycles. The highest BCUT2D eigenvalue weighted by Gasteiger charge is 2.09. The Morgan fingerprint density at radius 2 is 2.06 bits per heavy atom. The predicted octanol–water partition coefficient (Wildman–Crippen LogP) is 1.22. The van der Waals surface area contributed by atoms with Gasteiger partial charge in [-0.05, 0) is 24.1 Å². The third kappa shape index (κ3) is 3.55. The number of rotatable bonds is 6. The number of nitrogens with one attached hydrogen (secondary N) is 1. The van der Waals surface area contributed by atoms with Gasteiger partial charge >= 0.3 is 0 Å². The van der Waals surface area contributed by atoms with Gasteiger partial charge in [0.15, 0.2) is 0 Å². The van der Waals surface area contributed by atoms with E-state index in [2.05, 4.69) is 12.2 Å². The second-order valence-corrected chi connectivity index (χ2v) is 3.58. The zero-order valence-electron chi connectivity index (χ0n) is 9.69. The number of carbonyl (C=O) groups excluding carboxylic acids is 1. The van der Waals surface area contributed by atoms with Gasteiger partial charge in [0.25, 0.3) is 0 Å². The van der Waals surface area contributed by atoms with Crippen LogP contribution in [0.3, 0.4) is 0 Å². The van der Waals surface area contributed by atoms with Crippen LogP contribution in [0.25, 0.3) is 0 Å². The van der Waals surface area contributed by atoms with Crippen LogP contribution in [0.2, 0.25) is 0 Å². The Hall–Kier alpha value is -1.55. The zero-order chi connectivity index (χ0) is 12.0. The van der Waals surface area contributed by atoms with Gasteiger partial charge in [0.1, 0.15) is 5.75 Å². The number of ether oxygens (including phenoxy) is 1. The molecule has 0 saturated carbocycles. The van der Waals surface area contributed by atoms with E-state index in [1.165, 1.54) is 0 Å². The zero-order valence-corrected chi connectivity index (χ0v) is 9.69. The van der Waals surface area contributed by atoms with E-state index in [4.69, 9.17) is 10.5 Å². The van der Waals surface area contributed by atoms with Gasteiger partial charge in [-0.1, -0.05) is 19.1 Å². The van der Waals surface area contributed by atoms with Crippen molar-refractivity contribution in [2.75, 3.05) is 13.7 Å². The first-order valence-electron chi connectivity index (χ1n) is 5.33. The van der Waals surface area contributed by atoms with Crippen molar-refractivity contribution in [3.05, 3.63) is 29.8 Å². The maximum absolute atomic E-state index is 10.7. The maximum atomic E-state index is 10.7. The molecule has 0 heterocycles. The number of hydrogen-bond donors (Lipinski definition) is 2. The lowest BCUT2D eigenvalue weighted by Gasteiger charge is -2.16. The number of methoxy groups -OCH3 is 1. The number of nitrogens with two attached hydrogens (primary N) is 1. The summed E-state index contributed by atoms with van der Waals surface area (Å²) in [5.41, 5.74) is 6.23. The highest BCUT2D eigenvalue weighted by Crippen LogP contribution is 2.19. The van der Waals surface area contributed by atoms with Gasteiger partial charge in [0, 0.05) is 6.04 Å². The molecular formula is C12H18N2O2. The SMILES string of the molecule is CCC(NCC(N)=O)c1ccc(OC)cc1. The van der Waals surface area contributed by atoms with Crippen LogP contribution >= 0.6 is 0 Å². The molecule has 0 radical (unpaired) electrons. The van der Waals surface area contributed by atoms with E-state index in [0.717, 1.165) is 17.7 Å². The molecule has 1 aromatic carbocycles. The van der Waals surface area contributed by atoms with Crippen molar-refractivity contribution in [2.45, 2.75) is 19.4 Å². The lowest BCUT2D eigenvalue weighted by molar-refractivity contribution is -0.117. The van der Waals surface area contributed by atoms with Crippen LogP contribution in [0.4, 0.5) is 0 Å². The van der Waals surface area contributed by atoms with Gasteiger partial charge < -0.3 is 15.8 Å². The first-order chi connectivity index (χ1) is 7.67. The molecule has 0 bridgehead atoms. The Morgan fingerprint density at radius 3 is 2.50 bits per heavy atom. The van der Waals surface area contributed by atoms with Crippen molar-refractivity contribution in [3.8, 4) is 5.75 Å². The maximum Gasteiger partial charge on any atom is 0.231 e. The highest BCUT2D eigenvalue weighted by molar-refractivity contribution is 5.75. The highest BCUT2D eigenvalue weighted by atomic mass is 16.5. The van der Waals surface area contributed by atoms with Crippen LogP contribution in [0.1, 0.15) is 24.9 Å². The smallest absolute Gasteiger partial charge is 0.231 e. The van der Waals surface area contributed by atoms with E-state index in [0.29, 0.717) is 0 Å². The minimum atomic E-state index is -0.341. The summed E-state index contributed by atoms with van der Waals surface area (Å²) < 4.78 is 5.09. The summed E-state index contributed by atoms with van der Waals surface area (Å²) in [4.78, 5) is 10.7. The monoisotopic (exact) mass is 222 g/mol. The molecule has 4 nitrogen and oxygen atoms in total. The van der Waals surface area contributed by atoms with E-state index in [9.17, 15) is 4.79 Å². The van der Waals surface area contributed by atoms with Gasteiger partial charge in [-0.3, -0.25) is 4.79 Å². The summed E-state index contributed by atoms with van der Waals surface area (Å²) >= 11 is 0. The van der Waals surface area contributed by atoms with Gasteiger partial charge in [0.05, 0.1) is 13.7 Å². The van der Waals surface area contributed by atoms with Crippen molar-refractivity contribution in [1.29, 1.82) is 0 Å². The Balaban J connectivity index is 2.66. The van der Waals surface area contributed by atoms with Crippen LogP contribution in [-0.4, -0.2) is 19.6 Å². The first kappa shape index (κ1) is 12.5. The van der Waals surface area contributed by atoms with Crippen LogP contribution in [0.15, 0.2) is 24.3 Å². The molecule has 0 fully saturated rings. The summed E-state index contributed by atoms with van der Waals surface area (Å²) in [6, 6.07) is 7.94. The van der Waals surface area contributed by atoms with Crippen molar-refractivity contribution < 1.29 is 9.53 Å². The molecule has 0 saturated heterocycles. The van der Waals surface area contributed by atoms with Crippen LogP contribution in [0, 0.1) is 0 Å². The summed E-state index contributed by atoms with van der Waals surface area (Å²) in [6.07, 6.45) is 0.902. The van der Waals surface area contributed by atoms with Crippen molar-refractivity contribution in [2.24, 2.45) is 5.73 Å². The fourth-order valence-electron chi connectivity index (χ4n) is 1.56. The fraction of sp³-hybridized carbons (Fsp3) is 0.417. The summed E-state index contributed by atoms with van der Waals surface area (Å²) in [5.74, 6) is 0.487. The fourth-order valence-corrected chi connectivity index (χ4v) is 1.56. The number of amides is 1. The number of primary amides is 1. The number of hydrogen-bond acceptors (Lipinski definition) is 3. The molecule has 0 aliphatic carbocycles. The largest absolute Gasteiger partial charge is 0.497 e. The van der Waals surface area contributed by atoms with Gasteiger partial charge in [-0.15, -0.1) is 0 Å². The lowest BCUT2D eigenvalue weighted by Crippen LogP contribution is -2.31. The normalized spacial score (nSPS) is 12.1. The molecule has 0 aliphatic heterocycles. The van der Waals surface area contributed by atoms with Gasteiger partial charge in [-0.2, -0.15) is 0 Å². The summed E-state index contributed by atoms with van der Waals surface area (Å²) in [6.45, 7) is 2.26. The Morgan fingerprint density at radius 1 is 1.44 bits per heavy atom. The standard InChI is InChI=1S/C12H18N2O2/c1-3-11(14-8-12(13)15)9-4-6-10(16-2)7-5-9/h4-7,11,14H,3,8H2,1-2H3,(H2,13,15). The second kappa shape index (κ2) is 6.12. The molecule has 1 amide bonds. The molecule has 3 N–H and O–H groups in total. The third-order valence-corrected chi connectivity index (χ3v) is 2.45. The van der Waals surface area contributed by atoms with E-state index < -0.39 is 0 Å². The Kier molecular flexibility index (Phi) is 4.79. The predicted molar refractivity (Wildman–Crippen MR) is 63.2 cm³/mol. The van der Waals surface area contributed by atoms with E-state index in [1.807, 2.05) is 24.3 Å². The molecule has 1 unspecified atom stereocenters. The lowest BCUT2D eigenvalue weighted by atomic mass is 10.0. The number of benzene rings is 1. The molecule has 0 spiro atoms. The minimum Gasteiger partial charge on any atom is -0.497 e. The molecule has 0 aliphatic rings. The van der Waals surface area contributed by atoms with Crippen molar-refractivity contribution >= 4 is 5.91 Å². The van der Waals surface area contributed by atoms with Crippen LogP contribution in [0.5, 0.6) is 5.75 Å². The third-order valence-electron chi connectivity index (χ3n) is 2.45. The average Bonchev–Trinajstić information content (AvgIpc) is 2.30. The van der Waals surface area contributed by atoms with E-state index >= 15 is 0 Å². The minimum absolute atomic E-state index is 0.151. The molecular weight excluding hydrogens is 204 g/mol. The van der Waals surface area contributed by atoms with Crippen molar-refractivity contribution in [3.63, 3.8) is 0 Å². The molecule has 16 heavy (non-hydrogen) atoms. The average molecular weight is 222 g/mol. The Labute approximate surface area is 95.8 Å². The summed E-state index contributed by atoms with van der Waals surface area (Å²) in [5, 5.41) is 3.11. The first-order valence-corrected chi connectivity index (χ1v) is 5.33. The Bertz CT molecular complexity index is 335.